The average molecular weight is 616 g/mol. The smallest absolute Gasteiger partial charge is 0.303 e. The molecule has 3 heterocycles. The summed E-state index contributed by atoms with van der Waals surface area (Å²) >= 11 is 0. The van der Waals surface area contributed by atoms with Gasteiger partial charge in [-0.05, 0) is 93.5 Å². The summed E-state index contributed by atoms with van der Waals surface area (Å²) in [6, 6.07) is 0.653. The molecule has 0 radical (unpaired) electrons. The van der Waals surface area contributed by atoms with Gasteiger partial charge < -0.3 is 23.4 Å². The number of rotatable bonds is 4. The maximum absolute atomic E-state index is 12.7. The number of carbonyl (C=O) groups is 2. The van der Waals surface area contributed by atoms with Crippen LogP contribution < -0.4 is 0 Å². The molecule has 0 bridgehead atoms. The molecule has 0 amide bonds. The third-order valence-electron chi connectivity index (χ3n) is 14.7. The minimum absolute atomic E-state index is 0.0126. The van der Waals surface area contributed by atoms with Crippen molar-refractivity contribution in [1.29, 1.82) is 0 Å². The summed E-state index contributed by atoms with van der Waals surface area (Å²) in [6.07, 6.45) is 13.8. The van der Waals surface area contributed by atoms with Crippen LogP contribution in [0.5, 0.6) is 0 Å². The van der Waals surface area contributed by atoms with Gasteiger partial charge in [-0.15, -0.1) is 0 Å². The summed E-state index contributed by atoms with van der Waals surface area (Å²) in [5, 5.41) is 0. The van der Waals surface area contributed by atoms with Gasteiger partial charge in [0.2, 0.25) is 0 Å². The van der Waals surface area contributed by atoms with Crippen LogP contribution in [0.15, 0.2) is 0 Å². The second-order valence-corrected chi connectivity index (χ2v) is 16.8. The largest absolute Gasteiger partial charge is 0.461 e. The van der Waals surface area contributed by atoms with Crippen molar-refractivity contribution in [2.75, 3.05) is 46.4 Å². The fraction of sp³-hybridized carbons (Fsp3) is 0.944. The number of carbonyl (C=O) groups excluding carboxylic acids is 2. The topological polar surface area (TPSA) is 74.3 Å². The lowest BCUT2D eigenvalue weighted by Crippen LogP contribution is -2.63. The summed E-state index contributed by atoms with van der Waals surface area (Å²) < 4.78 is 25.7. The van der Waals surface area contributed by atoms with Gasteiger partial charge in [-0.25, -0.2) is 0 Å². The molecular formula is C36H59N2O6+. The van der Waals surface area contributed by atoms with Gasteiger partial charge in [0.1, 0.15) is 12.1 Å². The molecule has 248 valence electrons. The van der Waals surface area contributed by atoms with E-state index in [1.165, 1.54) is 38.5 Å². The Kier molecular flexibility index (Phi) is 8.19. The van der Waals surface area contributed by atoms with E-state index in [1.54, 1.807) is 13.8 Å². The monoisotopic (exact) mass is 615 g/mol. The van der Waals surface area contributed by atoms with E-state index in [0.29, 0.717) is 49.0 Å². The van der Waals surface area contributed by atoms with Crippen molar-refractivity contribution in [1.82, 2.24) is 4.90 Å². The second kappa shape index (κ2) is 11.5. The molecule has 7 aliphatic rings. The van der Waals surface area contributed by atoms with Gasteiger partial charge in [-0.2, -0.15) is 0 Å². The first-order chi connectivity index (χ1) is 21.0. The molecule has 4 saturated carbocycles. The zero-order chi connectivity index (χ0) is 30.9. The Hall–Kier alpha value is -1.22. The van der Waals surface area contributed by atoms with Crippen LogP contribution >= 0.6 is 0 Å². The molecule has 44 heavy (non-hydrogen) atoms. The standard InChI is InChI=1S/C36H59N2O6/c1-24(39)43-32-21-26-9-10-27-28(35(26,4)23-30(32)37-15-7-6-8-16-37)11-12-34(3)29(27)22-31(33(34)44-25(2)40)38(5)17-13-36(14-18-38)41-19-20-42-36/h26-33H,6-23H2,1-5H3/q+1/t26?,27?,28?,29?,30-,31-,32-,33-,34-,35-/m0/s1. The van der Waals surface area contributed by atoms with Crippen molar-refractivity contribution in [3.63, 3.8) is 0 Å². The van der Waals surface area contributed by atoms with Crippen molar-refractivity contribution in [2.45, 2.75) is 135 Å². The van der Waals surface area contributed by atoms with Crippen molar-refractivity contribution in [3.8, 4) is 0 Å². The number of hydrogen-bond donors (Lipinski definition) is 0. The number of ether oxygens (including phenoxy) is 4. The lowest BCUT2D eigenvalue weighted by Gasteiger charge is -2.62. The molecule has 8 nitrogen and oxygen atoms in total. The quantitative estimate of drug-likeness (QED) is 0.313. The fourth-order valence-corrected chi connectivity index (χ4v) is 12.4. The van der Waals surface area contributed by atoms with Crippen molar-refractivity contribution in [3.05, 3.63) is 0 Å². The van der Waals surface area contributed by atoms with Crippen LogP contribution in [0.1, 0.15) is 105 Å². The van der Waals surface area contributed by atoms with Crippen LogP contribution in [0, 0.1) is 34.5 Å². The molecule has 3 saturated heterocycles. The van der Waals surface area contributed by atoms with Gasteiger partial charge in [0, 0.05) is 31.7 Å². The van der Waals surface area contributed by atoms with E-state index in [0.717, 1.165) is 69.2 Å². The summed E-state index contributed by atoms with van der Waals surface area (Å²) in [4.78, 5) is 27.6. The number of quaternary nitrogens is 1. The minimum atomic E-state index is -0.391. The van der Waals surface area contributed by atoms with Gasteiger partial charge >= 0.3 is 11.9 Å². The first-order valence-electron chi connectivity index (χ1n) is 18.2. The molecule has 7 fully saturated rings. The third kappa shape index (κ3) is 5.16. The fourth-order valence-electron chi connectivity index (χ4n) is 12.4. The normalized spacial score (nSPS) is 46.5. The lowest BCUT2D eigenvalue weighted by atomic mass is 9.44. The lowest BCUT2D eigenvalue weighted by molar-refractivity contribution is -0.943. The minimum Gasteiger partial charge on any atom is -0.461 e. The van der Waals surface area contributed by atoms with Crippen LogP contribution in [0.3, 0.4) is 0 Å². The highest BCUT2D eigenvalue weighted by molar-refractivity contribution is 5.66. The van der Waals surface area contributed by atoms with E-state index in [1.807, 2.05) is 0 Å². The number of nitrogens with zero attached hydrogens (tertiary/aromatic N) is 2. The maximum Gasteiger partial charge on any atom is 0.303 e. The zero-order valence-electron chi connectivity index (χ0n) is 28.2. The van der Waals surface area contributed by atoms with Gasteiger partial charge in [-0.3, -0.25) is 14.5 Å². The molecule has 1 spiro atoms. The van der Waals surface area contributed by atoms with Crippen LogP contribution in [0.25, 0.3) is 0 Å². The molecule has 8 heteroatoms. The molecule has 4 unspecified atom stereocenters. The average Bonchev–Trinajstić information content (AvgIpc) is 3.57. The van der Waals surface area contributed by atoms with E-state index in [-0.39, 0.29) is 35.0 Å². The molecular weight excluding hydrogens is 556 g/mol. The molecule has 0 N–H and O–H groups in total. The molecule has 3 aliphatic heterocycles. The van der Waals surface area contributed by atoms with Crippen LogP contribution in [-0.4, -0.2) is 97.8 Å². The Morgan fingerprint density at radius 2 is 1.50 bits per heavy atom. The number of likely N-dealkylation sites (tertiary alicyclic amines) is 2. The number of hydrogen-bond acceptors (Lipinski definition) is 7. The summed E-state index contributed by atoms with van der Waals surface area (Å²) in [6.45, 7) is 14.0. The van der Waals surface area contributed by atoms with Crippen LogP contribution in [0.4, 0.5) is 0 Å². The zero-order valence-corrected chi connectivity index (χ0v) is 28.2. The van der Waals surface area contributed by atoms with Gasteiger partial charge in [-0.1, -0.05) is 20.3 Å². The Labute approximate surface area is 265 Å². The number of fused-ring (bicyclic) bond motifs is 5. The van der Waals surface area contributed by atoms with Gasteiger partial charge in [0.15, 0.2) is 11.9 Å². The predicted molar refractivity (Wildman–Crippen MR) is 166 cm³/mol. The molecule has 0 aromatic carbocycles. The molecule has 0 aromatic rings. The van der Waals surface area contributed by atoms with Crippen LogP contribution in [-0.2, 0) is 28.5 Å². The molecule has 7 rings (SSSR count). The number of esters is 2. The van der Waals surface area contributed by atoms with E-state index in [4.69, 9.17) is 18.9 Å². The third-order valence-corrected chi connectivity index (χ3v) is 14.7. The molecule has 10 atom stereocenters. The maximum atomic E-state index is 12.7. The van der Waals surface area contributed by atoms with Crippen molar-refractivity contribution in [2.24, 2.45) is 34.5 Å². The summed E-state index contributed by atoms with van der Waals surface area (Å²) in [5.74, 6) is 1.87. The number of likely N-dealkylation sites (N-methyl/N-ethyl adjacent to an activating group) is 1. The Bertz CT molecular complexity index is 1090. The van der Waals surface area contributed by atoms with Crippen molar-refractivity contribution < 1.29 is 33.0 Å². The van der Waals surface area contributed by atoms with Gasteiger partial charge in [0.25, 0.3) is 0 Å². The first kappa shape index (κ1) is 31.4. The Balaban J connectivity index is 1.15. The van der Waals surface area contributed by atoms with E-state index >= 15 is 0 Å². The van der Waals surface area contributed by atoms with Crippen molar-refractivity contribution >= 4 is 11.9 Å². The van der Waals surface area contributed by atoms with E-state index < -0.39 is 5.79 Å². The highest BCUT2D eigenvalue weighted by Gasteiger charge is 2.68. The summed E-state index contributed by atoms with van der Waals surface area (Å²) in [5.41, 5.74) is 0.268. The van der Waals surface area contributed by atoms with Crippen LogP contribution in [0.2, 0.25) is 0 Å². The summed E-state index contributed by atoms with van der Waals surface area (Å²) in [7, 11) is 2.42. The molecule has 4 aliphatic carbocycles. The van der Waals surface area contributed by atoms with E-state index in [9.17, 15) is 9.59 Å². The second-order valence-electron chi connectivity index (χ2n) is 16.8. The Morgan fingerprint density at radius 3 is 2.16 bits per heavy atom. The van der Waals surface area contributed by atoms with Gasteiger partial charge in [0.05, 0.1) is 46.2 Å². The number of piperidine rings is 2. The Morgan fingerprint density at radius 1 is 0.818 bits per heavy atom. The highest BCUT2D eigenvalue weighted by atomic mass is 16.7. The SMILES string of the molecule is CC(=O)O[C@H]1CC2CCC3C(CC[C@@]4(C)C3C[C@H]([N+]3(C)CCC5(CC3)OCCO5)[C@@H]4OC(C)=O)[C@@]2(C)C[C@@H]1N1CCCCC1. The predicted octanol–water partition coefficient (Wildman–Crippen LogP) is 5.32. The highest BCUT2D eigenvalue weighted by Crippen LogP contribution is 2.68. The molecule has 0 aromatic heterocycles. The first-order valence-corrected chi connectivity index (χ1v) is 18.2. The van der Waals surface area contributed by atoms with E-state index in [2.05, 4.69) is 25.8 Å².